The van der Waals surface area contributed by atoms with Crippen molar-refractivity contribution in [2.75, 3.05) is 25.3 Å². The molecule has 1 aliphatic carbocycles. The van der Waals surface area contributed by atoms with E-state index >= 15 is 0 Å². The predicted octanol–water partition coefficient (Wildman–Crippen LogP) is 5.91. The van der Waals surface area contributed by atoms with Crippen LogP contribution in [0.3, 0.4) is 0 Å². The molecule has 3 aromatic rings. The molecule has 186 valence electrons. The van der Waals surface area contributed by atoms with E-state index in [9.17, 15) is 9.18 Å². The number of amides is 1. The fraction of sp³-hybridized carbons (Fsp3) is 0.400. The third-order valence-corrected chi connectivity index (χ3v) is 7.20. The van der Waals surface area contributed by atoms with Gasteiger partial charge in [0.1, 0.15) is 11.6 Å². The molecule has 0 aliphatic heterocycles. The number of nitrogens with zero attached hydrogens (tertiary/aromatic N) is 3. The van der Waals surface area contributed by atoms with Crippen molar-refractivity contribution < 1.29 is 18.7 Å². The van der Waals surface area contributed by atoms with Crippen LogP contribution >= 0.6 is 23.4 Å². The maximum Gasteiger partial charge on any atom is 0.234 e. The summed E-state index contributed by atoms with van der Waals surface area (Å²) in [6.45, 7) is 0. The molecule has 1 saturated carbocycles. The van der Waals surface area contributed by atoms with Crippen LogP contribution in [-0.4, -0.2) is 40.6 Å². The van der Waals surface area contributed by atoms with Crippen LogP contribution in [0, 0.1) is 5.82 Å². The van der Waals surface area contributed by atoms with Gasteiger partial charge in [0.05, 0.1) is 25.7 Å². The molecule has 10 heteroatoms. The molecular formula is C25H28ClFN4O3S. The lowest BCUT2D eigenvalue weighted by Crippen LogP contribution is -2.18. The zero-order chi connectivity index (χ0) is 24.8. The summed E-state index contributed by atoms with van der Waals surface area (Å²) in [5, 5.41) is 12.5. The van der Waals surface area contributed by atoms with E-state index in [1.807, 2.05) is 18.2 Å². The molecule has 0 spiro atoms. The Kier molecular flexibility index (Phi) is 8.51. The first-order valence-electron chi connectivity index (χ1n) is 11.5. The van der Waals surface area contributed by atoms with Crippen LogP contribution in [-0.2, 0) is 11.2 Å². The first-order valence-corrected chi connectivity index (χ1v) is 12.9. The minimum atomic E-state index is -0.571. The number of halogens is 2. The highest BCUT2D eigenvalue weighted by atomic mass is 35.5. The molecule has 1 amide bonds. The Labute approximate surface area is 213 Å². The summed E-state index contributed by atoms with van der Waals surface area (Å²) in [5.74, 6) is 1.37. The van der Waals surface area contributed by atoms with Crippen LogP contribution < -0.4 is 14.8 Å². The van der Waals surface area contributed by atoms with Gasteiger partial charge >= 0.3 is 0 Å². The molecule has 4 rings (SSSR count). The largest absolute Gasteiger partial charge is 0.493 e. The third-order valence-electron chi connectivity index (χ3n) is 6.02. The van der Waals surface area contributed by atoms with Crippen molar-refractivity contribution in [2.45, 2.75) is 49.7 Å². The Bertz CT molecular complexity index is 1180. The van der Waals surface area contributed by atoms with Crippen molar-refractivity contribution in [3.05, 3.63) is 58.6 Å². The number of hydrogen-bond acceptors (Lipinski definition) is 6. The zero-order valence-electron chi connectivity index (χ0n) is 19.7. The number of benzene rings is 2. The Morgan fingerprint density at radius 2 is 1.89 bits per heavy atom. The summed E-state index contributed by atoms with van der Waals surface area (Å²) in [6, 6.07) is 10.3. The number of carbonyl (C=O) groups is 1. The van der Waals surface area contributed by atoms with Crippen LogP contribution in [0.25, 0.3) is 0 Å². The number of methoxy groups -OCH3 is 2. The van der Waals surface area contributed by atoms with Crippen LogP contribution in [0.1, 0.15) is 49.5 Å². The van der Waals surface area contributed by atoms with Gasteiger partial charge in [0.25, 0.3) is 0 Å². The lowest BCUT2D eigenvalue weighted by Gasteiger charge is -2.25. The maximum absolute atomic E-state index is 14.0. The van der Waals surface area contributed by atoms with Crippen LogP contribution in [0.2, 0.25) is 5.02 Å². The van der Waals surface area contributed by atoms with E-state index in [2.05, 4.69) is 20.1 Å². The van der Waals surface area contributed by atoms with Gasteiger partial charge < -0.3 is 19.4 Å². The molecule has 0 bridgehead atoms. The second-order valence-electron chi connectivity index (χ2n) is 8.39. The average Bonchev–Trinajstić information content (AvgIpc) is 3.27. The second kappa shape index (κ2) is 11.8. The number of thioether (sulfide) groups is 1. The highest BCUT2D eigenvalue weighted by molar-refractivity contribution is 7.99. The number of anilines is 1. The number of nitrogens with one attached hydrogen (secondary N) is 1. The van der Waals surface area contributed by atoms with Gasteiger partial charge in [-0.15, -0.1) is 10.2 Å². The predicted molar refractivity (Wildman–Crippen MR) is 135 cm³/mol. The molecule has 1 aromatic heterocycles. The number of hydrogen-bond donors (Lipinski definition) is 1. The van der Waals surface area contributed by atoms with Crippen molar-refractivity contribution in [3.63, 3.8) is 0 Å². The van der Waals surface area contributed by atoms with Gasteiger partial charge in [-0.1, -0.05) is 48.7 Å². The standard InChI is InChI=1S/C25H28ClFN4O3S/c1-33-21-11-8-16(12-22(21)34-2)13-23-29-30-25(31(23)18-6-4-3-5-7-18)35-15-24(32)28-20-10-9-17(26)14-19(20)27/h8-12,14,18H,3-7,13,15H2,1-2H3,(H,28,32). The van der Waals surface area contributed by atoms with Gasteiger partial charge in [-0.3, -0.25) is 4.79 Å². The van der Waals surface area contributed by atoms with E-state index in [0.29, 0.717) is 23.1 Å². The summed E-state index contributed by atoms with van der Waals surface area (Å²) < 4.78 is 27.0. The molecule has 1 aliphatic rings. The summed E-state index contributed by atoms with van der Waals surface area (Å²) in [7, 11) is 3.22. The monoisotopic (exact) mass is 518 g/mol. The van der Waals surface area contributed by atoms with Crippen molar-refractivity contribution in [2.24, 2.45) is 0 Å². The van der Waals surface area contributed by atoms with Gasteiger partial charge in [0.2, 0.25) is 5.91 Å². The fourth-order valence-electron chi connectivity index (χ4n) is 4.31. The molecule has 35 heavy (non-hydrogen) atoms. The zero-order valence-corrected chi connectivity index (χ0v) is 21.3. The molecule has 0 atom stereocenters. The SMILES string of the molecule is COc1ccc(Cc2nnc(SCC(=O)Nc3ccc(Cl)cc3F)n2C2CCCCC2)cc1OC. The second-order valence-corrected chi connectivity index (χ2v) is 9.77. The van der Waals surface area contributed by atoms with Crippen molar-refractivity contribution in [1.29, 1.82) is 0 Å². The molecule has 0 unspecified atom stereocenters. The summed E-state index contributed by atoms with van der Waals surface area (Å²) in [4.78, 5) is 12.5. The highest BCUT2D eigenvalue weighted by Crippen LogP contribution is 2.34. The van der Waals surface area contributed by atoms with Gasteiger partial charge in [-0.2, -0.15) is 0 Å². The van der Waals surface area contributed by atoms with E-state index in [0.717, 1.165) is 37.1 Å². The topological polar surface area (TPSA) is 78.3 Å². The highest BCUT2D eigenvalue weighted by Gasteiger charge is 2.24. The van der Waals surface area contributed by atoms with Crippen LogP contribution in [0.15, 0.2) is 41.6 Å². The number of rotatable bonds is 9. The third kappa shape index (κ3) is 6.27. The van der Waals surface area contributed by atoms with Gasteiger partial charge in [0, 0.05) is 17.5 Å². The Morgan fingerprint density at radius 1 is 1.11 bits per heavy atom. The number of carbonyl (C=O) groups excluding carboxylic acids is 1. The van der Waals surface area contributed by atoms with E-state index in [4.69, 9.17) is 21.1 Å². The van der Waals surface area contributed by atoms with Gasteiger partial charge in [0.15, 0.2) is 16.7 Å². The molecule has 0 radical (unpaired) electrons. The quantitative estimate of drug-likeness (QED) is 0.354. The number of ether oxygens (including phenoxy) is 2. The van der Waals surface area contributed by atoms with E-state index < -0.39 is 5.82 Å². The minimum Gasteiger partial charge on any atom is -0.493 e. The van der Waals surface area contributed by atoms with E-state index in [1.165, 1.54) is 36.4 Å². The smallest absolute Gasteiger partial charge is 0.234 e. The Balaban J connectivity index is 1.51. The average molecular weight is 519 g/mol. The summed E-state index contributed by atoms with van der Waals surface area (Å²) in [5.41, 5.74) is 1.13. The normalized spacial score (nSPS) is 14.1. The molecule has 1 heterocycles. The van der Waals surface area contributed by atoms with Gasteiger partial charge in [-0.05, 0) is 48.7 Å². The van der Waals surface area contributed by atoms with Crippen molar-refractivity contribution in [3.8, 4) is 11.5 Å². The lowest BCUT2D eigenvalue weighted by molar-refractivity contribution is -0.113. The Hall–Kier alpha value is -2.78. The molecule has 2 aromatic carbocycles. The fourth-order valence-corrected chi connectivity index (χ4v) is 5.30. The van der Waals surface area contributed by atoms with Crippen LogP contribution in [0.4, 0.5) is 10.1 Å². The van der Waals surface area contributed by atoms with E-state index in [1.54, 1.807) is 14.2 Å². The minimum absolute atomic E-state index is 0.0866. The summed E-state index contributed by atoms with van der Waals surface area (Å²) in [6.07, 6.45) is 6.20. The first-order chi connectivity index (χ1) is 17.0. The first kappa shape index (κ1) is 25.3. The van der Waals surface area contributed by atoms with Crippen molar-refractivity contribution in [1.82, 2.24) is 14.8 Å². The van der Waals surface area contributed by atoms with Crippen LogP contribution in [0.5, 0.6) is 11.5 Å². The molecule has 7 nitrogen and oxygen atoms in total. The summed E-state index contributed by atoms with van der Waals surface area (Å²) >= 11 is 7.10. The molecule has 0 saturated heterocycles. The Morgan fingerprint density at radius 3 is 2.60 bits per heavy atom. The van der Waals surface area contributed by atoms with Gasteiger partial charge in [-0.25, -0.2) is 4.39 Å². The van der Waals surface area contributed by atoms with E-state index in [-0.39, 0.29) is 28.4 Å². The lowest BCUT2D eigenvalue weighted by atomic mass is 9.95. The van der Waals surface area contributed by atoms with Crippen molar-refractivity contribution >= 4 is 35.0 Å². The number of aromatic nitrogens is 3. The molecule has 1 fully saturated rings. The molecular weight excluding hydrogens is 491 g/mol. The maximum atomic E-state index is 14.0. The molecule has 1 N–H and O–H groups in total.